The second-order valence-corrected chi connectivity index (χ2v) is 4.36. The van der Waals surface area contributed by atoms with E-state index in [2.05, 4.69) is 22.6 Å². The van der Waals surface area contributed by atoms with Crippen molar-refractivity contribution in [2.45, 2.75) is 18.6 Å². The van der Waals surface area contributed by atoms with Crippen LogP contribution in [0.1, 0.15) is 17.8 Å². The number of aryl methyl sites for hydroxylation is 1. The van der Waals surface area contributed by atoms with E-state index in [1.54, 1.807) is 6.92 Å². The maximum Gasteiger partial charge on any atom is 0.229 e. The minimum absolute atomic E-state index is 0.00862. The predicted molar refractivity (Wildman–Crippen MR) is 61.2 cm³/mol. The van der Waals surface area contributed by atoms with Gasteiger partial charge in [-0.2, -0.15) is 17.9 Å². The van der Waals surface area contributed by atoms with Crippen LogP contribution in [0.25, 0.3) is 0 Å². The topological polar surface area (TPSA) is 69.9 Å². The van der Waals surface area contributed by atoms with E-state index in [0.29, 0.717) is 30.2 Å². The Labute approximate surface area is 98.5 Å². The summed E-state index contributed by atoms with van der Waals surface area (Å²) in [6, 6.07) is 1.99. The molecule has 2 heterocycles. The Kier molecular flexibility index (Phi) is 2.79. The zero-order valence-corrected chi connectivity index (χ0v) is 9.61. The molecule has 1 saturated heterocycles. The molecule has 1 atom stereocenters. The van der Waals surface area contributed by atoms with Crippen LogP contribution in [0.3, 0.4) is 0 Å². The number of hydrogen-bond acceptors (Lipinski definition) is 5. The lowest BCUT2D eigenvalue weighted by molar-refractivity contribution is -0.117. The van der Waals surface area contributed by atoms with Crippen LogP contribution in [0.15, 0.2) is 6.20 Å². The number of rotatable bonds is 1. The van der Waals surface area contributed by atoms with Gasteiger partial charge in [0.15, 0.2) is 5.82 Å². The molecule has 1 aliphatic heterocycles. The van der Waals surface area contributed by atoms with Gasteiger partial charge in [0.05, 0.1) is 6.20 Å². The molecular formula is C10H10N4OS. The Morgan fingerprint density at radius 2 is 2.44 bits per heavy atom. The second-order valence-electron chi connectivity index (χ2n) is 3.63. The Bertz CT molecular complexity index is 482. The summed E-state index contributed by atoms with van der Waals surface area (Å²) < 4.78 is 0. The molecule has 0 aromatic carbocycles. The van der Waals surface area contributed by atoms with E-state index in [0.717, 1.165) is 0 Å². The van der Waals surface area contributed by atoms with Gasteiger partial charge >= 0.3 is 0 Å². The molecule has 1 aromatic heterocycles. The van der Waals surface area contributed by atoms with Gasteiger partial charge in [-0.25, -0.2) is 9.97 Å². The number of hydrogen-bond donors (Lipinski definition) is 1. The van der Waals surface area contributed by atoms with Crippen LogP contribution in [0.5, 0.6) is 0 Å². The third-order valence-electron chi connectivity index (χ3n) is 2.37. The monoisotopic (exact) mass is 234 g/mol. The first-order chi connectivity index (χ1) is 7.61. The Hall–Kier alpha value is -1.61. The normalized spacial score (nSPS) is 19.9. The van der Waals surface area contributed by atoms with Gasteiger partial charge in [0, 0.05) is 18.2 Å². The van der Waals surface area contributed by atoms with Crippen LogP contribution in [-0.2, 0) is 4.79 Å². The molecule has 0 bridgehead atoms. The Morgan fingerprint density at radius 1 is 1.69 bits per heavy atom. The number of aromatic nitrogens is 2. The average molecular weight is 234 g/mol. The summed E-state index contributed by atoms with van der Waals surface area (Å²) in [5, 5.41) is 8.94. The summed E-state index contributed by atoms with van der Waals surface area (Å²) in [6.45, 7) is 2.22. The first-order valence-electron chi connectivity index (χ1n) is 4.84. The lowest BCUT2D eigenvalue weighted by atomic mass is 10.3. The number of carbonyl (C=O) groups is 1. The molecule has 1 unspecified atom stereocenters. The summed E-state index contributed by atoms with van der Waals surface area (Å²) in [5.41, 5.74) is 0.321. The maximum absolute atomic E-state index is 11.7. The molecule has 0 radical (unpaired) electrons. The van der Waals surface area contributed by atoms with Gasteiger partial charge in [0.1, 0.15) is 17.5 Å². The van der Waals surface area contributed by atoms with E-state index in [9.17, 15) is 4.79 Å². The Morgan fingerprint density at radius 3 is 3.00 bits per heavy atom. The third kappa shape index (κ3) is 1.86. The van der Waals surface area contributed by atoms with Crippen LogP contribution >= 0.6 is 12.6 Å². The maximum atomic E-state index is 11.7. The van der Waals surface area contributed by atoms with Crippen LogP contribution in [0.2, 0.25) is 0 Å². The van der Waals surface area contributed by atoms with Gasteiger partial charge in [-0.3, -0.25) is 9.69 Å². The van der Waals surface area contributed by atoms with Crippen molar-refractivity contribution in [3.8, 4) is 6.07 Å². The van der Waals surface area contributed by atoms with Gasteiger partial charge in [0.25, 0.3) is 0 Å². The highest BCUT2D eigenvalue weighted by Crippen LogP contribution is 2.24. The van der Waals surface area contributed by atoms with Gasteiger partial charge < -0.3 is 0 Å². The molecular weight excluding hydrogens is 224 g/mol. The molecule has 0 aliphatic carbocycles. The SMILES string of the molecule is Cc1ncc(C#N)c(N2CC(S)CC2=O)n1. The quantitative estimate of drug-likeness (QED) is 0.726. The molecule has 5 nitrogen and oxygen atoms in total. The second kappa shape index (κ2) is 4.10. The van der Waals surface area contributed by atoms with Crippen LogP contribution in [0.4, 0.5) is 5.82 Å². The van der Waals surface area contributed by atoms with Crippen molar-refractivity contribution >= 4 is 24.4 Å². The molecule has 1 aliphatic rings. The van der Waals surface area contributed by atoms with Crippen molar-refractivity contribution < 1.29 is 4.79 Å². The molecule has 1 fully saturated rings. The molecule has 16 heavy (non-hydrogen) atoms. The van der Waals surface area contributed by atoms with Crippen molar-refractivity contribution in [1.29, 1.82) is 5.26 Å². The summed E-state index contributed by atoms with van der Waals surface area (Å²) in [6.07, 6.45) is 1.83. The van der Waals surface area contributed by atoms with E-state index >= 15 is 0 Å². The number of nitriles is 1. The number of nitrogens with zero attached hydrogens (tertiary/aromatic N) is 4. The summed E-state index contributed by atoms with van der Waals surface area (Å²) in [5.74, 6) is 0.899. The lowest BCUT2D eigenvalue weighted by Gasteiger charge is -2.15. The smallest absolute Gasteiger partial charge is 0.229 e. The number of carbonyl (C=O) groups excluding carboxylic acids is 1. The zero-order valence-electron chi connectivity index (χ0n) is 8.71. The van der Waals surface area contributed by atoms with Crippen molar-refractivity contribution in [1.82, 2.24) is 9.97 Å². The van der Waals surface area contributed by atoms with E-state index in [-0.39, 0.29) is 11.2 Å². The van der Waals surface area contributed by atoms with E-state index in [1.165, 1.54) is 11.1 Å². The lowest BCUT2D eigenvalue weighted by Crippen LogP contribution is -2.27. The van der Waals surface area contributed by atoms with Crippen LogP contribution in [-0.4, -0.2) is 27.7 Å². The fraction of sp³-hybridized carbons (Fsp3) is 0.400. The molecule has 0 spiro atoms. The summed E-state index contributed by atoms with van der Waals surface area (Å²) >= 11 is 4.26. The zero-order chi connectivity index (χ0) is 11.7. The van der Waals surface area contributed by atoms with Crippen molar-refractivity contribution in [2.75, 3.05) is 11.4 Å². The molecule has 6 heteroatoms. The molecule has 1 amide bonds. The highest BCUT2D eigenvalue weighted by molar-refractivity contribution is 7.81. The van der Waals surface area contributed by atoms with E-state index in [1.807, 2.05) is 6.07 Å². The highest BCUT2D eigenvalue weighted by Gasteiger charge is 2.30. The van der Waals surface area contributed by atoms with E-state index < -0.39 is 0 Å². The number of anilines is 1. The van der Waals surface area contributed by atoms with Gasteiger partial charge in [-0.05, 0) is 6.92 Å². The fourth-order valence-corrected chi connectivity index (χ4v) is 1.96. The molecule has 2 rings (SSSR count). The summed E-state index contributed by atoms with van der Waals surface area (Å²) in [7, 11) is 0. The van der Waals surface area contributed by atoms with Crippen molar-refractivity contribution in [3.63, 3.8) is 0 Å². The van der Waals surface area contributed by atoms with Crippen molar-refractivity contribution in [2.24, 2.45) is 0 Å². The third-order valence-corrected chi connectivity index (χ3v) is 2.72. The molecule has 0 N–H and O–H groups in total. The first kappa shape index (κ1) is 10.9. The molecule has 1 aromatic rings. The fourth-order valence-electron chi connectivity index (χ4n) is 1.64. The van der Waals surface area contributed by atoms with Crippen LogP contribution in [0, 0.1) is 18.3 Å². The van der Waals surface area contributed by atoms with Crippen LogP contribution < -0.4 is 4.90 Å². The number of amides is 1. The average Bonchev–Trinajstić information content (AvgIpc) is 2.57. The minimum atomic E-state index is -0.0467. The minimum Gasteiger partial charge on any atom is -0.294 e. The Balaban J connectivity index is 2.44. The number of thiol groups is 1. The predicted octanol–water partition coefficient (Wildman–Crippen LogP) is 0.692. The highest BCUT2D eigenvalue weighted by atomic mass is 32.1. The molecule has 82 valence electrons. The summed E-state index contributed by atoms with van der Waals surface area (Å²) in [4.78, 5) is 21.3. The molecule has 0 saturated carbocycles. The van der Waals surface area contributed by atoms with Gasteiger partial charge in [-0.15, -0.1) is 0 Å². The van der Waals surface area contributed by atoms with E-state index in [4.69, 9.17) is 5.26 Å². The first-order valence-corrected chi connectivity index (χ1v) is 5.35. The van der Waals surface area contributed by atoms with Gasteiger partial charge in [-0.1, -0.05) is 0 Å². The van der Waals surface area contributed by atoms with Gasteiger partial charge in [0.2, 0.25) is 5.91 Å². The van der Waals surface area contributed by atoms with Crippen molar-refractivity contribution in [3.05, 3.63) is 17.6 Å². The largest absolute Gasteiger partial charge is 0.294 e. The standard InChI is InChI=1S/C10H10N4OS/c1-6-12-4-7(3-11)10(13-6)14-5-8(16)2-9(14)15/h4,8,16H,2,5H2,1H3.